The third kappa shape index (κ3) is 4.21. The zero-order valence-electron chi connectivity index (χ0n) is 13.3. The highest BCUT2D eigenvalue weighted by atomic mass is 32.1. The van der Waals surface area contributed by atoms with Crippen LogP contribution < -0.4 is 5.32 Å². The van der Waals surface area contributed by atoms with Gasteiger partial charge in [0.2, 0.25) is 0 Å². The van der Waals surface area contributed by atoms with Gasteiger partial charge in [-0.1, -0.05) is 6.07 Å². The van der Waals surface area contributed by atoms with E-state index in [1.807, 2.05) is 6.07 Å². The Kier molecular flexibility index (Phi) is 4.79. The third-order valence-corrected chi connectivity index (χ3v) is 4.26. The molecular weight excluding hydrogens is 381 g/mol. The Morgan fingerprint density at radius 1 is 1.22 bits per heavy atom. The van der Waals surface area contributed by atoms with Crippen molar-refractivity contribution in [3.05, 3.63) is 69.1 Å². The molecule has 3 rings (SSSR count). The molecule has 0 fully saturated rings. The van der Waals surface area contributed by atoms with Crippen LogP contribution in [0.2, 0.25) is 0 Å². The zero-order valence-corrected chi connectivity index (χ0v) is 14.1. The minimum Gasteiger partial charge on any atom is -0.332 e. The van der Waals surface area contributed by atoms with Crippen LogP contribution in [0, 0.1) is 21.4 Å². The fraction of sp³-hybridized carbons (Fsp3) is 0.0588. The summed E-state index contributed by atoms with van der Waals surface area (Å²) >= 11 is 1.12. The third-order valence-electron chi connectivity index (χ3n) is 3.50. The van der Waals surface area contributed by atoms with Gasteiger partial charge in [0.25, 0.3) is 5.69 Å². The Bertz CT molecular complexity index is 1060. The first-order valence-electron chi connectivity index (χ1n) is 7.36. The van der Waals surface area contributed by atoms with Gasteiger partial charge in [-0.05, 0) is 24.3 Å². The standard InChI is InChI=1S/C17H9F3N4O2S/c18-17(19,20)12-2-1-3-13(7-12)22-16-23-15(9-27-16)11-4-10(8-21)5-14(6-11)24(25)26/h1-7,9H,(H,22,23). The molecule has 0 atom stereocenters. The van der Waals surface area contributed by atoms with E-state index in [0.29, 0.717) is 16.4 Å². The zero-order chi connectivity index (χ0) is 19.6. The van der Waals surface area contributed by atoms with E-state index in [0.717, 1.165) is 29.5 Å². The summed E-state index contributed by atoms with van der Waals surface area (Å²) in [6, 6.07) is 10.4. The number of nitrogens with zero attached hydrogens (tertiary/aromatic N) is 3. The molecule has 1 heterocycles. The molecule has 1 aromatic heterocycles. The van der Waals surface area contributed by atoms with Gasteiger partial charge in [-0.25, -0.2) is 4.98 Å². The molecule has 3 aromatic rings. The summed E-state index contributed by atoms with van der Waals surface area (Å²) in [5.74, 6) is 0. The largest absolute Gasteiger partial charge is 0.416 e. The Morgan fingerprint density at radius 2 is 2.00 bits per heavy atom. The quantitative estimate of drug-likeness (QED) is 0.479. The number of halogens is 3. The van der Waals surface area contributed by atoms with Gasteiger partial charge >= 0.3 is 6.18 Å². The monoisotopic (exact) mass is 390 g/mol. The van der Waals surface area contributed by atoms with E-state index in [9.17, 15) is 23.3 Å². The van der Waals surface area contributed by atoms with Crippen molar-refractivity contribution in [3.8, 4) is 17.3 Å². The van der Waals surface area contributed by atoms with Gasteiger partial charge in [0.05, 0.1) is 27.8 Å². The molecule has 0 radical (unpaired) electrons. The van der Waals surface area contributed by atoms with Crippen LogP contribution in [0.5, 0.6) is 0 Å². The van der Waals surface area contributed by atoms with Gasteiger partial charge in [0.15, 0.2) is 5.13 Å². The van der Waals surface area contributed by atoms with Gasteiger partial charge in [-0.3, -0.25) is 10.1 Å². The molecule has 0 saturated carbocycles. The molecule has 0 aliphatic heterocycles. The van der Waals surface area contributed by atoms with E-state index >= 15 is 0 Å². The molecule has 27 heavy (non-hydrogen) atoms. The summed E-state index contributed by atoms with van der Waals surface area (Å²) in [6.07, 6.45) is -4.46. The molecule has 6 nitrogen and oxygen atoms in total. The SMILES string of the molecule is N#Cc1cc(-c2csc(Nc3cccc(C(F)(F)F)c3)n2)cc([N+](=O)[O-])c1. The topological polar surface area (TPSA) is 91.8 Å². The van der Waals surface area contributed by atoms with Crippen LogP contribution in [-0.4, -0.2) is 9.91 Å². The van der Waals surface area contributed by atoms with Crippen LogP contribution in [0.4, 0.5) is 29.7 Å². The van der Waals surface area contributed by atoms with Crippen molar-refractivity contribution in [2.45, 2.75) is 6.18 Å². The first-order chi connectivity index (χ1) is 12.8. The highest BCUT2D eigenvalue weighted by molar-refractivity contribution is 7.14. The number of hydrogen-bond donors (Lipinski definition) is 1. The van der Waals surface area contributed by atoms with Crippen LogP contribution in [0.3, 0.4) is 0 Å². The molecule has 0 aliphatic rings. The van der Waals surface area contributed by atoms with E-state index in [4.69, 9.17) is 5.26 Å². The maximum Gasteiger partial charge on any atom is 0.416 e. The van der Waals surface area contributed by atoms with E-state index < -0.39 is 16.7 Å². The van der Waals surface area contributed by atoms with Crippen molar-refractivity contribution < 1.29 is 18.1 Å². The summed E-state index contributed by atoms with van der Waals surface area (Å²) in [4.78, 5) is 14.6. The molecule has 2 aromatic carbocycles. The number of anilines is 2. The molecule has 10 heteroatoms. The highest BCUT2D eigenvalue weighted by Crippen LogP contribution is 2.33. The number of nitro benzene ring substituents is 1. The first kappa shape index (κ1) is 18.3. The van der Waals surface area contributed by atoms with Crippen molar-refractivity contribution in [1.29, 1.82) is 5.26 Å². The van der Waals surface area contributed by atoms with Gasteiger partial charge in [-0.2, -0.15) is 18.4 Å². The van der Waals surface area contributed by atoms with E-state index in [-0.39, 0.29) is 16.9 Å². The number of benzene rings is 2. The van der Waals surface area contributed by atoms with Crippen molar-refractivity contribution in [1.82, 2.24) is 4.98 Å². The lowest BCUT2D eigenvalue weighted by atomic mass is 10.1. The lowest BCUT2D eigenvalue weighted by Gasteiger charge is -2.08. The smallest absolute Gasteiger partial charge is 0.332 e. The van der Waals surface area contributed by atoms with E-state index in [1.165, 1.54) is 24.3 Å². The van der Waals surface area contributed by atoms with Crippen LogP contribution in [-0.2, 0) is 6.18 Å². The van der Waals surface area contributed by atoms with Crippen LogP contribution in [0.15, 0.2) is 47.8 Å². The average molecular weight is 390 g/mol. The predicted molar refractivity (Wildman–Crippen MR) is 93.6 cm³/mol. The Morgan fingerprint density at radius 3 is 2.67 bits per heavy atom. The second kappa shape index (κ2) is 7.05. The van der Waals surface area contributed by atoms with E-state index in [1.54, 1.807) is 5.38 Å². The summed E-state index contributed by atoms with van der Waals surface area (Å²) < 4.78 is 38.4. The van der Waals surface area contributed by atoms with Gasteiger partial charge in [-0.15, -0.1) is 11.3 Å². The Labute approximate surface area is 154 Å². The number of rotatable bonds is 4. The maximum atomic E-state index is 12.8. The summed E-state index contributed by atoms with van der Waals surface area (Å²) in [5.41, 5.74) is 0.0249. The minimum absolute atomic E-state index is 0.111. The summed E-state index contributed by atoms with van der Waals surface area (Å²) in [6.45, 7) is 0. The average Bonchev–Trinajstić information content (AvgIpc) is 3.09. The van der Waals surface area contributed by atoms with Crippen molar-refractivity contribution >= 4 is 27.8 Å². The van der Waals surface area contributed by atoms with Gasteiger partial charge < -0.3 is 5.32 Å². The number of nitrogens with one attached hydrogen (secondary N) is 1. The molecule has 0 aliphatic carbocycles. The molecule has 136 valence electrons. The number of aromatic nitrogens is 1. The number of nitro groups is 1. The van der Waals surface area contributed by atoms with E-state index in [2.05, 4.69) is 10.3 Å². The molecular formula is C17H9F3N4O2S. The highest BCUT2D eigenvalue weighted by Gasteiger charge is 2.30. The number of thiazole rings is 1. The normalized spacial score (nSPS) is 11.0. The molecule has 0 saturated heterocycles. The lowest BCUT2D eigenvalue weighted by molar-refractivity contribution is -0.384. The summed E-state index contributed by atoms with van der Waals surface area (Å²) in [5, 5.41) is 24.7. The Balaban J connectivity index is 1.89. The Hall–Kier alpha value is -3.45. The fourth-order valence-electron chi connectivity index (χ4n) is 2.29. The minimum atomic E-state index is -4.46. The van der Waals surface area contributed by atoms with Crippen molar-refractivity contribution in [3.63, 3.8) is 0 Å². The van der Waals surface area contributed by atoms with Crippen LogP contribution in [0.25, 0.3) is 11.3 Å². The second-order valence-corrected chi connectivity index (χ2v) is 6.24. The number of non-ortho nitro benzene ring substituents is 1. The van der Waals surface area contributed by atoms with Crippen LogP contribution in [0.1, 0.15) is 11.1 Å². The molecule has 0 spiro atoms. The number of nitriles is 1. The lowest BCUT2D eigenvalue weighted by Crippen LogP contribution is -2.05. The molecule has 1 N–H and O–H groups in total. The van der Waals surface area contributed by atoms with Crippen molar-refractivity contribution in [2.24, 2.45) is 0 Å². The van der Waals surface area contributed by atoms with Gasteiger partial charge in [0.1, 0.15) is 0 Å². The maximum absolute atomic E-state index is 12.8. The second-order valence-electron chi connectivity index (χ2n) is 5.38. The van der Waals surface area contributed by atoms with Gasteiger partial charge in [0, 0.05) is 28.8 Å². The molecule has 0 bridgehead atoms. The number of hydrogen-bond acceptors (Lipinski definition) is 6. The van der Waals surface area contributed by atoms with Crippen LogP contribution >= 0.6 is 11.3 Å². The summed E-state index contributed by atoms with van der Waals surface area (Å²) in [7, 11) is 0. The van der Waals surface area contributed by atoms with Crippen molar-refractivity contribution in [2.75, 3.05) is 5.32 Å². The molecule has 0 unspecified atom stereocenters. The number of alkyl halides is 3. The first-order valence-corrected chi connectivity index (χ1v) is 8.24. The fourth-order valence-corrected chi connectivity index (χ4v) is 3.03. The predicted octanol–water partition coefficient (Wildman–Crippen LogP) is 5.35. The molecule has 0 amide bonds.